The highest BCUT2D eigenvalue weighted by Crippen LogP contribution is 2.49. The molecule has 2 atom stereocenters. The van der Waals surface area contributed by atoms with Crippen LogP contribution in [0.1, 0.15) is 37.4 Å². The van der Waals surface area contributed by atoms with Crippen molar-refractivity contribution in [2.45, 2.75) is 32.7 Å². The summed E-state index contributed by atoms with van der Waals surface area (Å²) in [5, 5.41) is 3.54. The third kappa shape index (κ3) is 4.71. The van der Waals surface area contributed by atoms with Gasteiger partial charge in [0.2, 0.25) is 5.91 Å². The third-order valence-corrected chi connectivity index (χ3v) is 7.11. The number of ketones is 1. The molecular formula is C31H32N2O4. The molecular weight excluding hydrogens is 464 g/mol. The molecule has 1 heterocycles. The Morgan fingerprint density at radius 2 is 1.68 bits per heavy atom. The molecule has 37 heavy (non-hydrogen) atoms. The van der Waals surface area contributed by atoms with Gasteiger partial charge in [-0.15, -0.1) is 0 Å². The van der Waals surface area contributed by atoms with Gasteiger partial charge in [-0.25, -0.2) is 0 Å². The van der Waals surface area contributed by atoms with Gasteiger partial charge in [-0.1, -0.05) is 68.5 Å². The van der Waals surface area contributed by atoms with Crippen LogP contribution in [0.3, 0.4) is 0 Å². The molecule has 3 aromatic rings. The number of ether oxygens (including phenoxy) is 2. The van der Waals surface area contributed by atoms with Gasteiger partial charge in [-0.2, -0.15) is 0 Å². The van der Waals surface area contributed by atoms with E-state index in [1.54, 1.807) is 19.1 Å². The summed E-state index contributed by atoms with van der Waals surface area (Å²) in [6.45, 7) is 4.13. The predicted octanol–water partition coefficient (Wildman–Crippen LogP) is 5.95. The van der Waals surface area contributed by atoms with Gasteiger partial charge in [-0.3, -0.25) is 9.59 Å². The van der Waals surface area contributed by atoms with E-state index in [0.29, 0.717) is 17.9 Å². The van der Waals surface area contributed by atoms with Gasteiger partial charge in [0, 0.05) is 12.1 Å². The molecule has 6 heteroatoms. The molecule has 0 saturated carbocycles. The van der Waals surface area contributed by atoms with Crippen LogP contribution in [0.25, 0.3) is 0 Å². The maximum Gasteiger partial charge on any atom is 0.232 e. The van der Waals surface area contributed by atoms with Crippen molar-refractivity contribution in [3.8, 4) is 11.5 Å². The highest BCUT2D eigenvalue weighted by molar-refractivity contribution is 6.02. The topological polar surface area (TPSA) is 67.9 Å². The average molecular weight is 497 g/mol. The van der Waals surface area contributed by atoms with E-state index in [1.165, 1.54) is 0 Å². The molecule has 0 aromatic heterocycles. The van der Waals surface area contributed by atoms with E-state index in [4.69, 9.17) is 9.47 Å². The molecule has 0 bridgehead atoms. The van der Waals surface area contributed by atoms with Crippen molar-refractivity contribution in [3.05, 3.63) is 95.7 Å². The number of hydrogen-bond donors (Lipinski definition) is 1. The van der Waals surface area contributed by atoms with Gasteiger partial charge in [0.15, 0.2) is 11.5 Å². The van der Waals surface area contributed by atoms with Gasteiger partial charge in [-0.05, 0) is 40.8 Å². The summed E-state index contributed by atoms with van der Waals surface area (Å²) >= 11 is 0. The number of fused-ring (bicyclic) bond motifs is 2. The summed E-state index contributed by atoms with van der Waals surface area (Å²) in [7, 11) is 3.18. The van der Waals surface area contributed by atoms with Gasteiger partial charge < -0.3 is 19.7 Å². The molecule has 2 aliphatic rings. The second-order valence-corrected chi connectivity index (χ2v) is 10.3. The Labute approximate surface area is 217 Å². The largest absolute Gasteiger partial charge is 0.493 e. The van der Waals surface area contributed by atoms with E-state index in [2.05, 4.69) is 25.2 Å². The zero-order valence-electron chi connectivity index (χ0n) is 21.7. The summed E-state index contributed by atoms with van der Waals surface area (Å²) in [5.74, 6) is 0.597. The fraction of sp³-hybridized carbons (Fsp3) is 0.290. The molecule has 5 rings (SSSR count). The predicted molar refractivity (Wildman–Crippen MR) is 145 cm³/mol. The molecule has 1 amide bonds. The molecule has 1 aliphatic carbocycles. The smallest absolute Gasteiger partial charge is 0.232 e. The van der Waals surface area contributed by atoms with Crippen LogP contribution in [0, 0.1) is 11.3 Å². The molecule has 0 spiro atoms. The first-order valence-corrected chi connectivity index (χ1v) is 12.5. The van der Waals surface area contributed by atoms with E-state index >= 15 is 0 Å². The van der Waals surface area contributed by atoms with Gasteiger partial charge in [0.1, 0.15) is 5.78 Å². The Kier molecular flexibility index (Phi) is 6.50. The monoisotopic (exact) mass is 496 g/mol. The summed E-state index contributed by atoms with van der Waals surface area (Å²) in [6, 6.07) is 22.5. The number of rotatable bonds is 5. The van der Waals surface area contributed by atoms with Crippen LogP contribution in [-0.4, -0.2) is 25.9 Å². The van der Waals surface area contributed by atoms with Gasteiger partial charge in [0.05, 0.1) is 44.0 Å². The van der Waals surface area contributed by atoms with Crippen molar-refractivity contribution >= 4 is 23.1 Å². The molecule has 2 unspecified atom stereocenters. The van der Waals surface area contributed by atoms with Crippen LogP contribution in [0.2, 0.25) is 0 Å². The van der Waals surface area contributed by atoms with Crippen LogP contribution >= 0.6 is 0 Å². The SMILES string of the molecule is COc1ccc(C2C3C(=O)CC(C)(C)C=C3Nc3ccccc3N2C(=O)Cc2ccccc2)cc1OC. The van der Waals surface area contributed by atoms with Crippen molar-refractivity contribution in [2.24, 2.45) is 11.3 Å². The van der Waals surface area contributed by atoms with Crippen LogP contribution < -0.4 is 19.7 Å². The standard InChI is InChI=1S/C31H32N2O4/c1-31(2)18-23-29(25(34)19-31)30(21-14-15-26(36-3)27(17-21)37-4)33(24-13-9-8-12-22(24)32-23)28(35)16-20-10-6-5-7-11-20/h5-15,17-18,29-30,32H,16,19H2,1-4H3. The number of para-hydroxylation sites is 2. The average Bonchev–Trinajstić information content (AvgIpc) is 3.02. The fourth-order valence-electron chi connectivity index (χ4n) is 5.52. The Morgan fingerprint density at radius 3 is 2.41 bits per heavy atom. The van der Waals surface area contributed by atoms with Crippen LogP contribution in [0.15, 0.2) is 84.6 Å². The lowest BCUT2D eigenvalue weighted by atomic mass is 9.72. The first-order chi connectivity index (χ1) is 17.8. The quantitative estimate of drug-likeness (QED) is 0.473. The Balaban J connectivity index is 1.73. The van der Waals surface area contributed by atoms with E-state index in [1.807, 2.05) is 72.8 Å². The van der Waals surface area contributed by atoms with Gasteiger partial charge >= 0.3 is 0 Å². The molecule has 190 valence electrons. The number of anilines is 2. The number of methoxy groups -OCH3 is 2. The highest BCUT2D eigenvalue weighted by Gasteiger charge is 2.46. The van der Waals surface area contributed by atoms with Crippen molar-refractivity contribution < 1.29 is 19.1 Å². The maximum atomic E-state index is 14.2. The first-order valence-electron chi connectivity index (χ1n) is 12.5. The molecule has 3 aromatic carbocycles. The van der Waals surface area contributed by atoms with Crippen molar-refractivity contribution in [1.82, 2.24) is 0 Å². The molecule has 1 N–H and O–H groups in total. The molecule has 0 fully saturated rings. The summed E-state index contributed by atoms with van der Waals surface area (Å²) < 4.78 is 11.1. The number of Topliss-reactive ketones (excluding diaryl/α,β-unsaturated/α-hetero) is 1. The van der Waals surface area contributed by atoms with Crippen LogP contribution in [-0.2, 0) is 16.0 Å². The minimum atomic E-state index is -0.568. The molecule has 1 aliphatic heterocycles. The highest BCUT2D eigenvalue weighted by atomic mass is 16.5. The first kappa shape index (κ1) is 24.6. The number of hydrogen-bond acceptors (Lipinski definition) is 5. The number of nitrogens with one attached hydrogen (secondary N) is 1. The Hall–Kier alpha value is -4.06. The second kappa shape index (κ2) is 9.77. The zero-order valence-corrected chi connectivity index (χ0v) is 21.7. The second-order valence-electron chi connectivity index (χ2n) is 10.3. The molecule has 6 nitrogen and oxygen atoms in total. The number of benzene rings is 3. The number of allylic oxidation sites excluding steroid dienone is 1. The van der Waals surface area contributed by atoms with E-state index in [-0.39, 0.29) is 23.5 Å². The number of amides is 1. The van der Waals surface area contributed by atoms with E-state index in [9.17, 15) is 9.59 Å². The van der Waals surface area contributed by atoms with Crippen LogP contribution in [0.4, 0.5) is 11.4 Å². The number of nitrogens with zero attached hydrogens (tertiary/aromatic N) is 1. The normalized spacial score (nSPS) is 20.1. The van der Waals surface area contributed by atoms with Crippen LogP contribution in [0.5, 0.6) is 11.5 Å². The lowest BCUT2D eigenvalue weighted by Crippen LogP contribution is -2.44. The molecule has 0 radical (unpaired) electrons. The molecule has 0 saturated heterocycles. The Morgan fingerprint density at radius 1 is 0.973 bits per heavy atom. The summed E-state index contributed by atoms with van der Waals surface area (Å²) in [5.41, 5.74) is 3.79. The fourth-order valence-corrected chi connectivity index (χ4v) is 5.52. The summed E-state index contributed by atoms with van der Waals surface area (Å²) in [6.07, 6.45) is 2.75. The van der Waals surface area contributed by atoms with Crippen molar-refractivity contribution in [2.75, 3.05) is 24.4 Å². The maximum absolute atomic E-state index is 14.2. The minimum Gasteiger partial charge on any atom is -0.493 e. The lowest BCUT2D eigenvalue weighted by molar-refractivity contribution is -0.125. The zero-order chi connectivity index (χ0) is 26.2. The number of carbonyl (C=O) groups is 2. The van der Waals surface area contributed by atoms with E-state index < -0.39 is 12.0 Å². The van der Waals surface area contributed by atoms with Gasteiger partial charge in [0.25, 0.3) is 0 Å². The van der Waals surface area contributed by atoms with Crippen molar-refractivity contribution in [1.29, 1.82) is 0 Å². The minimum absolute atomic E-state index is 0.0841. The number of carbonyl (C=O) groups excluding carboxylic acids is 2. The Bertz CT molecular complexity index is 1360. The van der Waals surface area contributed by atoms with E-state index in [0.717, 1.165) is 28.2 Å². The van der Waals surface area contributed by atoms with Crippen molar-refractivity contribution in [3.63, 3.8) is 0 Å². The summed E-state index contributed by atoms with van der Waals surface area (Å²) in [4.78, 5) is 29.8. The lowest BCUT2D eigenvalue weighted by Gasteiger charge is -2.39. The third-order valence-electron chi connectivity index (χ3n) is 7.11.